The molecule has 0 aliphatic rings. The van der Waals surface area contributed by atoms with E-state index in [1.54, 1.807) is 29.1 Å². The SMILES string of the molecule is Cn1nccc1CNc1nc2ccc(N)cc2c(=O)[nH]1. The van der Waals surface area contributed by atoms with Crippen LogP contribution in [0.5, 0.6) is 0 Å². The first-order valence-corrected chi connectivity index (χ1v) is 6.14. The van der Waals surface area contributed by atoms with Gasteiger partial charge in [-0.25, -0.2) is 4.98 Å². The molecule has 4 N–H and O–H groups in total. The van der Waals surface area contributed by atoms with Gasteiger partial charge in [-0.05, 0) is 24.3 Å². The fourth-order valence-electron chi connectivity index (χ4n) is 1.99. The highest BCUT2D eigenvalue weighted by atomic mass is 16.1. The van der Waals surface area contributed by atoms with Crippen LogP contribution < -0.4 is 16.6 Å². The van der Waals surface area contributed by atoms with E-state index in [4.69, 9.17) is 5.73 Å². The van der Waals surface area contributed by atoms with E-state index >= 15 is 0 Å². The molecular formula is C13H14N6O. The van der Waals surface area contributed by atoms with Gasteiger partial charge in [0.2, 0.25) is 5.95 Å². The van der Waals surface area contributed by atoms with E-state index in [0.717, 1.165) is 5.69 Å². The fraction of sp³-hybridized carbons (Fsp3) is 0.154. The molecule has 0 aliphatic heterocycles. The molecule has 1 aromatic carbocycles. The third-order valence-corrected chi connectivity index (χ3v) is 3.09. The average molecular weight is 270 g/mol. The van der Waals surface area contributed by atoms with Crippen molar-refractivity contribution in [2.75, 3.05) is 11.1 Å². The zero-order valence-corrected chi connectivity index (χ0v) is 10.9. The Balaban J connectivity index is 1.91. The average Bonchev–Trinajstić information content (AvgIpc) is 2.83. The highest BCUT2D eigenvalue weighted by Crippen LogP contribution is 2.13. The van der Waals surface area contributed by atoms with Crippen molar-refractivity contribution in [1.82, 2.24) is 19.7 Å². The van der Waals surface area contributed by atoms with E-state index in [0.29, 0.717) is 29.1 Å². The number of nitrogens with one attached hydrogen (secondary N) is 2. The molecule has 102 valence electrons. The smallest absolute Gasteiger partial charge is 0.260 e. The van der Waals surface area contributed by atoms with Crippen molar-refractivity contribution in [3.05, 3.63) is 46.5 Å². The van der Waals surface area contributed by atoms with Crippen LogP contribution in [-0.4, -0.2) is 19.7 Å². The summed E-state index contributed by atoms with van der Waals surface area (Å²) in [6, 6.07) is 6.97. The molecule has 2 heterocycles. The minimum atomic E-state index is -0.213. The second-order valence-corrected chi connectivity index (χ2v) is 4.49. The quantitative estimate of drug-likeness (QED) is 0.612. The zero-order chi connectivity index (χ0) is 14.1. The lowest BCUT2D eigenvalue weighted by atomic mass is 10.2. The lowest BCUT2D eigenvalue weighted by Gasteiger charge is -2.07. The second-order valence-electron chi connectivity index (χ2n) is 4.49. The molecule has 0 saturated carbocycles. The van der Waals surface area contributed by atoms with Gasteiger partial charge in [-0.1, -0.05) is 0 Å². The van der Waals surface area contributed by atoms with Gasteiger partial charge in [-0.3, -0.25) is 14.5 Å². The number of anilines is 2. The largest absolute Gasteiger partial charge is 0.399 e. The second kappa shape index (κ2) is 4.69. The van der Waals surface area contributed by atoms with Gasteiger partial charge in [0.1, 0.15) is 0 Å². The van der Waals surface area contributed by atoms with Gasteiger partial charge in [-0.2, -0.15) is 5.10 Å². The first kappa shape index (κ1) is 12.2. The fourth-order valence-corrected chi connectivity index (χ4v) is 1.99. The Morgan fingerprint density at radius 3 is 3.00 bits per heavy atom. The van der Waals surface area contributed by atoms with E-state index in [1.165, 1.54) is 0 Å². The molecule has 0 radical (unpaired) electrons. The van der Waals surface area contributed by atoms with Gasteiger partial charge in [-0.15, -0.1) is 0 Å². The van der Waals surface area contributed by atoms with Gasteiger partial charge in [0.05, 0.1) is 23.1 Å². The minimum absolute atomic E-state index is 0.213. The number of H-pyrrole nitrogens is 1. The van der Waals surface area contributed by atoms with Crippen molar-refractivity contribution >= 4 is 22.5 Å². The minimum Gasteiger partial charge on any atom is -0.399 e. The molecule has 0 bridgehead atoms. The maximum atomic E-state index is 12.0. The molecule has 3 aromatic rings. The Hall–Kier alpha value is -2.83. The van der Waals surface area contributed by atoms with E-state index in [9.17, 15) is 4.79 Å². The van der Waals surface area contributed by atoms with Crippen LogP contribution in [0, 0.1) is 0 Å². The van der Waals surface area contributed by atoms with Gasteiger partial charge in [0, 0.05) is 18.9 Å². The summed E-state index contributed by atoms with van der Waals surface area (Å²) < 4.78 is 1.76. The van der Waals surface area contributed by atoms with E-state index < -0.39 is 0 Å². The summed E-state index contributed by atoms with van der Waals surface area (Å²) in [5, 5.41) is 7.64. The molecule has 2 aromatic heterocycles. The van der Waals surface area contributed by atoms with Gasteiger partial charge in [0.15, 0.2) is 0 Å². The number of nitrogens with two attached hydrogens (primary N) is 1. The summed E-state index contributed by atoms with van der Waals surface area (Å²) in [6.45, 7) is 0.528. The van der Waals surface area contributed by atoms with Crippen LogP contribution in [0.25, 0.3) is 10.9 Å². The molecule has 7 nitrogen and oxygen atoms in total. The first-order chi connectivity index (χ1) is 9.63. The number of benzene rings is 1. The Morgan fingerprint density at radius 2 is 2.25 bits per heavy atom. The van der Waals surface area contributed by atoms with Crippen LogP contribution in [0.4, 0.5) is 11.6 Å². The van der Waals surface area contributed by atoms with Crippen LogP contribution >= 0.6 is 0 Å². The predicted molar refractivity (Wildman–Crippen MR) is 77.3 cm³/mol. The summed E-state index contributed by atoms with van der Waals surface area (Å²) in [5.41, 5.74) is 7.59. The standard InChI is InChI=1S/C13H14N6O/c1-19-9(4-5-16-19)7-15-13-17-11-3-2-8(14)6-10(11)12(20)18-13/h2-6H,7,14H2,1H3,(H2,15,17,18,20). The monoisotopic (exact) mass is 270 g/mol. The zero-order valence-electron chi connectivity index (χ0n) is 10.9. The van der Waals surface area contributed by atoms with Gasteiger partial charge in [0.25, 0.3) is 5.56 Å². The summed E-state index contributed by atoms with van der Waals surface area (Å²) in [6.07, 6.45) is 1.72. The number of aromatic amines is 1. The molecule has 0 spiro atoms. The van der Waals surface area contributed by atoms with Crippen molar-refractivity contribution < 1.29 is 0 Å². The molecule has 3 rings (SSSR count). The van der Waals surface area contributed by atoms with Crippen molar-refractivity contribution in [2.45, 2.75) is 6.54 Å². The van der Waals surface area contributed by atoms with Crippen molar-refractivity contribution in [3.8, 4) is 0 Å². The number of aromatic nitrogens is 4. The molecule has 0 amide bonds. The van der Waals surface area contributed by atoms with Crippen molar-refractivity contribution in [2.24, 2.45) is 7.05 Å². The number of hydrogen-bond acceptors (Lipinski definition) is 5. The molecular weight excluding hydrogens is 256 g/mol. The lowest BCUT2D eigenvalue weighted by Crippen LogP contribution is -2.14. The molecule has 7 heteroatoms. The Morgan fingerprint density at radius 1 is 1.40 bits per heavy atom. The number of nitrogens with zero attached hydrogens (tertiary/aromatic N) is 3. The van der Waals surface area contributed by atoms with E-state index in [1.807, 2.05) is 13.1 Å². The Bertz CT molecular complexity index is 819. The number of fused-ring (bicyclic) bond motifs is 1. The van der Waals surface area contributed by atoms with Crippen molar-refractivity contribution in [3.63, 3.8) is 0 Å². The highest BCUT2D eigenvalue weighted by molar-refractivity contribution is 5.81. The molecule has 20 heavy (non-hydrogen) atoms. The normalized spacial score (nSPS) is 10.8. The first-order valence-electron chi connectivity index (χ1n) is 6.14. The topological polar surface area (TPSA) is 102 Å². The summed E-state index contributed by atoms with van der Waals surface area (Å²) in [4.78, 5) is 19.0. The van der Waals surface area contributed by atoms with Gasteiger partial charge >= 0.3 is 0 Å². The van der Waals surface area contributed by atoms with Crippen molar-refractivity contribution in [1.29, 1.82) is 0 Å². The lowest BCUT2D eigenvalue weighted by molar-refractivity contribution is 0.719. The van der Waals surface area contributed by atoms with Crippen LogP contribution in [0.1, 0.15) is 5.69 Å². The van der Waals surface area contributed by atoms with Crippen LogP contribution in [0.2, 0.25) is 0 Å². The molecule has 0 atom stereocenters. The summed E-state index contributed by atoms with van der Waals surface area (Å²) in [5.74, 6) is 0.425. The van der Waals surface area contributed by atoms with Crippen LogP contribution in [0.3, 0.4) is 0 Å². The number of aryl methyl sites for hydroxylation is 1. The molecule has 0 saturated heterocycles. The third kappa shape index (κ3) is 2.20. The van der Waals surface area contributed by atoms with Crippen LogP contribution in [0.15, 0.2) is 35.3 Å². The number of hydrogen-bond donors (Lipinski definition) is 3. The number of nitrogen functional groups attached to an aromatic ring is 1. The molecule has 0 aliphatic carbocycles. The molecule has 0 fully saturated rings. The third-order valence-electron chi connectivity index (χ3n) is 3.09. The Labute approximate surface area is 114 Å². The molecule has 0 unspecified atom stereocenters. The maximum absolute atomic E-state index is 12.0. The van der Waals surface area contributed by atoms with Crippen LogP contribution in [-0.2, 0) is 13.6 Å². The summed E-state index contributed by atoms with van der Waals surface area (Å²) >= 11 is 0. The summed E-state index contributed by atoms with van der Waals surface area (Å²) in [7, 11) is 1.86. The van der Waals surface area contributed by atoms with E-state index in [-0.39, 0.29) is 5.56 Å². The predicted octanol–water partition coefficient (Wildman–Crippen LogP) is 0.851. The highest BCUT2D eigenvalue weighted by Gasteiger charge is 2.05. The number of rotatable bonds is 3. The maximum Gasteiger partial charge on any atom is 0.260 e. The van der Waals surface area contributed by atoms with Gasteiger partial charge < -0.3 is 11.1 Å². The van der Waals surface area contributed by atoms with E-state index in [2.05, 4.69) is 20.4 Å². The Kier molecular flexibility index (Phi) is 2.86.